The van der Waals surface area contributed by atoms with Crippen molar-refractivity contribution in [2.24, 2.45) is 0 Å². The van der Waals surface area contributed by atoms with Crippen molar-refractivity contribution in [3.63, 3.8) is 0 Å². The first-order chi connectivity index (χ1) is 9.79. The fraction of sp³-hybridized carbons (Fsp3) is 0.167. The Kier molecular flexibility index (Phi) is 4.38. The van der Waals surface area contributed by atoms with E-state index >= 15 is 0 Å². The molecule has 1 N–H and O–H groups in total. The van der Waals surface area contributed by atoms with Gasteiger partial charge in [-0.1, -0.05) is 0 Å². The Morgan fingerprint density at radius 1 is 1.38 bits per heavy atom. The molecule has 9 heteroatoms. The molecule has 0 saturated heterocycles. The highest BCUT2D eigenvalue weighted by atomic mass is 79.9. The summed E-state index contributed by atoms with van der Waals surface area (Å²) in [7, 11) is 0. The van der Waals surface area contributed by atoms with Gasteiger partial charge in [-0.05, 0) is 59.1 Å². The van der Waals surface area contributed by atoms with E-state index in [4.69, 9.17) is 11.6 Å². The van der Waals surface area contributed by atoms with Crippen LogP contribution in [-0.2, 0) is 0 Å². The van der Waals surface area contributed by atoms with Gasteiger partial charge in [0.05, 0.1) is 9.40 Å². The first-order valence-electron chi connectivity index (χ1n) is 5.70. The predicted molar refractivity (Wildman–Crippen MR) is 80.6 cm³/mol. The van der Waals surface area contributed by atoms with E-state index in [9.17, 15) is 14.5 Å². The Balaban J connectivity index is 2.54. The molecule has 1 aromatic carbocycles. The maximum absolute atomic E-state index is 13.4. The second-order valence-corrected chi connectivity index (χ2v) is 5.43. The molecule has 110 valence electrons. The van der Waals surface area contributed by atoms with Crippen molar-refractivity contribution in [3.8, 4) is 0 Å². The number of halogens is 3. The summed E-state index contributed by atoms with van der Waals surface area (Å²) in [5.41, 5.74) is 0.901. The highest BCUT2D eigenvalue weighted by Gasteiger charge is 2.22. The molecule has 0 amide bonds. The van der Waals surface area contributed by atoms with Gasteiger partial charge in [0, 0.05) is 5.69 Å². The minimum Gasteiger partial charge on any atom is -0.334 e. The second kappa shape index (κ2) is 5.90. The number of nitrogens with zero attached hydrogens (tertiary/aromatic N) is 3. The lowest BCUT2D eigenvalue weighted by Crippen LogP contribution is -2.05. The molecular weight excluding hydrogens is 367 g/mol. The lowest BCUT2D eigenvalue weighted by molar-refractivity contribution is -0.385. The van der Waals surface area contributed by atoms with E-state index in [1.165, 1.54) is 19.1 Å². The second-order valence-electron chi connectivity index (χ2n) is 4.24. The van der Waals surface area contributed by atoms with Gasteiger partial charge in [0.1, 0.15) is 11.5 Å². The average Bonchev–Trinajstić information content (AvgIpc) is 2.34. The topological polar surface area (TPSA) is 81.0 Å². The Labute approximate surface area is 132 Å². The number of nitro groups is 1. The highest BCUT2D eigenvalue weighted by Crippen LogP contribution is 2.32. The highest BCUT2D eigenvalue weighted by molar-refractivity contribution is 9.10. The van der Waals surface area contributed by atoms with Crippen molar-refractivity contribution in [1.82, 2.24) is 9.97 Å². The standard InChI is InChI=1S/C12H9BrClFN4O2/c1-5-3-8(15)7(13)4-9(5)17-11-10(19(20)21)6(2)16-12(14)18-11/h3-4H,1-2H3,(H,16,17,18). The third-order valence-electron chi connectivity index (χ3n) is 2.73. The summed E-state index contributed by atoms with van der Waals surface area (Å²) in [6, 6.07) is 2.77. The number of nitrogens with one attached hydrogen (secondary N) is 1. The molecule has 0 bridgehead atoms. The predicted octanol–water partition coefficient (Wildman–Crippen LogP) is 4.30. The van der Waals surface area contributed by atoms with E-state index in [1.54, 1.807) is 6.92 Å². The van der Waals surface area contributed by atoms with Crippen LogP contribution in [0.3, 0.4) is 0 Å². The molecule has 0 aliphatic heterocycles. The molecule has 1 aromatic heterocycles. The van der Waals surface area contributed by atoms with E-state index in [-0.39, 0.29) is 27.0 Å². The van der Waals surface area contributed by atoms with Crippen LogP contribution >= 0.6 is 27.5 Å². The first kappa shape index (κ1) is 15.6. The molecular formula is C12H9BrClFN4O2. The van der Waals surface area contributed by atoms with Crippen molar-refractivity contribution >= 4 is 44.7 Å². The number of hydrogen-bond acceptors (Lipinski definition) is 5. The molecule has 1 heterocycles. The summed E-state index contributed by atoms with van der Waals surface area (Å²) in [5, 5.41) is 13.8. The smallest absolute Gasteiger partial charge is 0.332 e. The van der Waals surface area contributed by atoms with E-state index in [0.717, 1.165) is 0 Å². The molecule has 0 spiro atoms. The summed E-state index contributed by atoms with van der Waals surface area (Å²) in [4.78, 5) is 18.1. The van der Waals surface area contributed by atoms with Crippen molar-refractivity contribution in [1.29, 1.82) is 0 Å². The number of benzene rings is 1. The van der Waals surface area contributed by atoms with Gasteiger partial charge in [0.25, 0.3) is 0 Å². The maximum Gasteiger partial charge on any atom is 0.332 e. The summed E-state index contributed by atoms with van der Waals surface area (Å²) in [5.74, 6) is -0.469. The molecule has 2 rings (SSSR count). The Bertz CT molecular complexity index is 742. The lowest BCUT2D eigenvalue weighted by Gasteiger charge is -2.11. The molecule has 0 atom stereocenters. The molecule has 0 aliphatic carbocycles. The minimum absolute atomic E-state index is 0.0425. The number of anilines is 2. The van der Waals surface area contributed by atoms with Crippen LogP contribution in [0, 0.1) is 29.8 Å². The van der Waals surface area contributed by atoms with Crippen LogP contribution in [-0.4, -0.2) is 14.9 Å². The van der Waals surface area contributed by atoms with Gasteiger partial charge >= 0.3 is 5.69 Å². The number of aromatic nitrogens is 2. The van der Waals surface area contributed by atoms with Crippen LogP contribution in [0.15, 0.2) is 16.6 Å². The maximum atomic E-state index is 13.4. The Morgan fingerprint density at radius 3 is 2.67 bits per heavy atom. The summed E-state index contributed by atoms with van der Waals surface area (Å²) in [6.45, 7) is 3.13. The van der Waals surface area contributed by atoms with Gasteiger partial charge < -0.3 is 5.32 Å². The van der Waals surface area contributed by atoms with Crippen LogP contribution in [0.25, 0.3) is 0 Å². The zero-order valence-electron chi connectivity index (χ0n) is 10.9. The lowest BCUT2D eigenvalue weighted by atomic mass is 10.2. The van der Waals surface area contributed by atoms with Gasteiger partial charge in [-0.3, -0.25) is 10.1 Å². The molecule has 21 heavy (non-hydrogen) atoms. The van der Waals surface area contributed by atoms with E-state index < -0.39 is 10.7 Å². The van der Waals surface area contributed by atoms with Crippen molar-refractivity contribution < 1.29 is 9.31 Å². The van der Waals surface area contributed by atoms with Gasteiger partial charge in [-0.2, -0.15) is 4.98 Å². The average molecular weight is 376 g/mol. The van der Waals surface area contributed by atoms with Crippen LogP contribution in [0.5, 0.6) is 0 Å². The van der Waals surface area contributed by atoms with Crippen LogP contribution in [0.1, 0.15) is 11.3 Å². The molecule has 0 unspecified atom stereocenters. The molecule has 0 fully saturated rings. The van der Waals surface area contributed by atoms with Gasteiger partial charge in [0.15, 0.2) is 0 Å². The van der Waals surface area contributed by atoms with Crippen molar-refractivity contribution in [3.05, 3.63) is 49.1 Å². The third-order valence-corrected chi connectivity index (χ3v) is 3.51. The van der Waals surface area contributed by atoms with Crippen LogP contribution < -0.4 is 5.32 Å². The monoisotopic (exact) mass is 374 g/mol. The van der Waals surface area contributed by atoms with Gasteiger partial charge in [-0.25, -0.2) is 9.37 Å². The van der Waals surface area contributed by atoms with Crippen molar-refractivity contribution in [2.45, 2.75) is 13.8 Å². The Morgan fingerprint density at radius 2 is 2.05 bits per heavy atom. The minimum atomic E-state index is -0.595. The third kappa shape index (κ3) is 3.27. The number of hydrogen-bond donors (Lipinski definition) is 1. The van der Waals surface area contributed by atoms with Gasteiger partial charge in [0.2, 0.25) is 11.1 Å². The largest absolute Gasteiger partial charge is 0.334 e. The van der Waals surface area contributed by atoms with E-state index in [0.29, 0.717) is 11.3 Å². The molecule has 0 aliphatic rings. The van der Waals surface area contributed by atoms with Crippen LogP contribution in [0.4, 0.5) is 21.6 Å². The molecule has 0 saturated carbocycles. The molecule has 6 nitrogen and oxygen atoms in total. The van der Waals surface area contributed by atoms with Crippen molar-refractivity contribution in [2.75, 3.05) is 5.32 Å². The SMILES string of the molecule is Cc1cc(F)c(Br)cc1Nc1nc(Cl)nc(C)c1[N+](=O)[O-]. The summed E-state index contributed by atoms with van der Waals surface area (Å²) in [6.07, 6.45) is 0. The first-order valence-corrected chi connectivity index (χ1v) is 6.88. The quantitative estimate of drug-likeness (QED) is 0.491. The zero-order valence-corrected chi connectivity index (χ0v) is 13.3. The fourth-order valence-electron chi connectivity index (χ4n) is 1.75. The Hall–Kier alpha value is -1.80. The van der Waals surface area contributed by atoms with E-state index in [2.05, 4.69) is 31.2 Å². The molecule has 0 radical (unpaired) electrons. The fourth-order valence-corrected chi connectivity index (χ4v) is 2.30. The summed E-state index contributed by atoms with van der Waals surface area (Å²) < 4.78 is 13.6. The van der Waals surface area contributed by atoms with E-state index in [1.807, 2.05) is 0 Å². The zero-order chi connectivity index (χ0) is 15.7. The summed E-state index contributed by atoms with van der Waals surface area (Å²) >= 11 is 8.80. The molecule has 2 aromatic rings. The number of aryl methyl sites for hydroxylation is 2. The van der Waals surface area contributed by atoms with Crippen LogP contribution in [0.2, 0.25) is 5.28 Å². The normalized spacial score (nSPS) is 10.5. The van der Waals surface area contributed by atoms with Gasteiger partial charge in [-0.15, -0.1) is 0 Å². The number of rotatable bonds is 3.